The molecule has 1 heterocycles. The molecule has 5 aromatic carbocycles. The average Bonchev–Trinajstić information content (AvgIpc) is 3.13. The Hall–Kier alpha value is -4.71. The van der Waals surface area contributed by atoms with Gasteiger partial charge >= 0.3 is 0 Å². The number of hydrogen-bond donors (Lipinski definition) is 2. The first kappa shape index (κ1) is 21.8. The largest absolute Gasteiger partial charge is 0.507 e. The van der Waals surface area contributed by atoms with E-state index >= 15 is 0 Å². The van der Waals surface area contributed by atoms with Gasteiger partial charge in [-0.2, -0.15) is 0 Å². The number of carbonyl (C=O) groups is 2. The monoisotopic (exact) mass is 477 g/mol. The molecule has 0 bridgehead atoms. The predicted octanol–water partition coefficient (Wildman–Crippen LogP) is 5.77. The molecule has 5 nitrogen and oxygen atoms in total. The van der Waals surface area contributed by atoms with Crippen LogP contribution in [0.25, 0.3) is 21.5 Å². The van der Waals surface area contributed by atoms with Crippen LogP contribution in [0, 0.1) is 5.82 Å². The first-order valence-corrected chi connectivity index (χ1v) is 11.4. The van der Waals surface area contributed by atoms with Crippen molar-refractivity contribution in [1.29, 1.82) is 0 Å². The van der Waals surface area contributed by atoms with Gasteiger partial charge in [-0.25, -0.2) is 9.29 Å². The van der Waals surface area contributed by atoms with Gasteiger partial charge in [-0.15, -0.1) is 0 Å². The predicted molar refractivity (Wildman–Crippen MR) is 136 cm³/mol. The third kappa shape index (κ3) is 2.75. The molecule has 36 heavy (non-hydrogen) atoms. The molecule has 0 unspecified atom stereocenters. The number of carbonyl (C=O) groups excluding carboxylic acids is 2. The summed E-state index contributed by atoms with van der Waals surface area (Å²) in [7, 11) is 0. The zero-order valence-electron chi connectivity index (χ0n) is 19.2. The number of phenols is 2. The lowest BCUT2D eigenvalue weighted by Gasteiger charge is -2.31. The lowest BCUT2D eigenvalue weighted by molar-refractivity contribution is -0.126. The highest BCUT2D eigenvalue weighted by atomic mass is 19.1. The van der Waals surface area contributed by atoms with E-state index in [4.69, 9.17) is 0 Å². The molecule has 0 aromatic heterocycles. The molecule has 2 amide bonds. The van der Waals surface area contributed by atoms with E-state index in [9.17, 15) is 24.2 Å². The molecule has 0 atom stereocenters. The fourth-order valence-corrected chi connectivity index (χ4v) is 5.49. The zero-order valence-corrected chi connectivity index (χ0v) is 19.2. The summed E-state index contributed by atoms with van der Waals surface area (Å²) in [6.07, 6.45) is 0. The topological polar surface area (TPSA) is 77.8 Å². The molecule has 1 aliphatic rings. The molecule has 0 fully saturated rings. The van der Waals surface area contributed by atoms with Crippen LogP contribution in [0.2, 0.25) is 0 Å². The van der Waals surface area contributed by atoms with Crippen LogP contribution in [-0.2, 0) is 15.0 Å². The van der Waals surface area contributed by atoms with Gasteiger partial charge in [0.1, 0.15) is 22.7 Å². The minimum atomic E-state index is -1.88. The molecule has 6 heteroatoms. The van der Waals surface area contributed by atoms with E-state index in [2.05, 4.69) is 0 Å². The van der Waals surface area contributed by atoms with E-state index in [1.807, 2.05) is 24.3 Å². The molecule has 1 aliphatic heterocycles. The fraction of sp³-hybridized carbons (Fsp3) is 0.0667. The fourth-order valence-electron chi connectivity index (χ4n) is 5.49. The normalized spacial score (nSPS) is 14.4. The number of halogens is 1. The molecular formula is C30H20FNO4. The van der Waals surface area contributed by atoms with Crippen molar-refractivity contribution in [2.45, 2.75) is 12.3 Å². The molecule has 0 saturated heterocycles. The number of amides is 2. The van der Waals surface area contributed by atoms with Crippen LogP contribution in [0.1, 0.15) is 23.6 Å². The Balaban J connectivity index is 1.82. The number of nitrogens with zero attached hydrogens (tertiary/aromatic N) is 1. The number of aromatic hydroxyl groups is 2. The number of imide groups is 1. The highest BCUT2D eigenvalue weighted by Gasteiger charge is 2.57. The minimum absolute atomic E-state index is 0.146. The van der Waals surface area contributed by atoms with Crippen molar-refractivity contribution in [3.63, 3.8) is 0 Å². The number of anilines is 1. The molecule has 0 saturated carbocycles. The lowest BCUT2D eigenvalue weighted by atomic mass is 9.68. The Morgan fingerprint density at radius 1 is 0.750 bits per heavy atom. The van der Waals surface area contributed by atoms with Gasteiger partial charge in [-0.3, -0.25) is 9.59 Å². The van der Waals surface area contributed by atoms with Crippen LogP contribution in [0.4, 0.5) is 10.1 Å². The molecule has 176 valence electrons. The second kappa shape index (κ2) is 7.65. The summed E-state index contributed by atoms with van der Waals surface area (Å²) in [6, 6.07) is 24.7. The van der Waals surface area contributed by atoms with Gasteiger partial charge in [0.15, 0.2) is 0 Å². The van der Waals surface area contributed by atoms with Crippen molar-refractivity contribution < 1.29 is 24.2 Å². The highest BCUT2D eigenvalue weighted by Crippen LogP contribution is 2.56. The summed E-state index contributed by atoms with van der Waals surface area (Å²) >= 11 is 0. The Morgan fingerprint density at radius 2 is 1.28 bits per heavy atom. The summed E-state index contributed by atoms with van der Waals surface area (Å²) in [4.78, 5) is 28.1. The number of benzene rings is 5. The third-order valence-electron chi connectivity index (χ3n) is 7.05. The third-order valence-corrected chi connectivity index (χ3v) is 7.05. The van der Waals surface area contributed by atoms with E-state index in [0.717, 1.165) is 15.7 Å². The van der Waals surface area contributed by atoms with Gasteiger partial charge in [-0.1, -0.05) is 72.8 Å². The van der Waals surface area contributed by atoms with E-state index in [-0.39, 0.29) is 33.9 Å². The number of fused-ring (bicyclic) bond motifs is 3. The molecular weight excluding hydrogens is 457 g/mol. The van der Waals surface area contributed by atoms with Crippen LogP contribution >= 0.6 is 0 Å². The van der Waals surface area contributed by atoms with Crippen molar-refractivity contribution in [2.75, 3.05) is 4.90 Å². The van der Waals surface area contributed by atoms with E-state index in [1.165, 1.54) is 25.1 Å². The van der Waals surface area contributed by atoms with Crippen LogP contribution in [0.3, 0.4) is 0 Å². The van der Waals surface area contributed by atoms with Crippen molar-refractivity contribution in [3.8, 4) is 11.5 Å². The van der Waals surface area contributed by atoms with Gasteiger partial charge in [0, 0.05) is 34.4 Å². The van der Waals surface area contributed by atoms with Gasteiger partial charge < -0.3 is 10.2 Å². The lowest BCUT2D eigenvalue weighted by Crippen LogP contribution is -2.44. The maximum Gasteiger partial charge on any atom is 0.253 e. The van der Waals surface area contributed by atoms with Crippen molar-refractivity contribution >= 4 is 39.0 Å². The summed E-state index contributed by atoms with van der Waals surface area (Å²) in [5, 5.41) is 25.6. The first-order valence-electron chi connectivity index (χ1n) is 11.4. The number of hydrogen-bond acceptors (Lipinski definition) is 4. The van der Waals surface area contributed by atoms with E-state index in [0.29, 0.717) is 10.8 Å². The van der Waals surface area contributed by atoms with Crippen LogP contribution in [0.15, 0.2) is 91.0 Å². The zero-order chi connectivity index (χ0) is 25.2. The molecule has 5 aromatic rings. The Morgan fingerprint density at radius 3 is 1.81 bits per heavy atom. The van der Waals surface area contributed by atoms with Crippen molar-refractivity contribution in [3.05, 3.63) is 114 Å². The second-order valence-corrected chi connectivity index (χ2v) is 8.94. The maximum absolute atomic E-state index is 14.8. The summed E-state index contributed by atoms with van der Waals surface area (Å²) in [5.74, 6) is -2.25. The quantitative estimate of drug-likeness (QED) is 0.338. The second-order valence-electron chi connectivity index (χ2n) is 8.94. The van der Waals surface area contributed by atoms with E-state index < -0.39 is 23.0 Å². The summed E-state index contributed by atoms with van der Waals surface area (Å²) in [5.41, 5.74) is -1.22. The minimum Gasteiger partial charge on any atom is -0.507 e. The number of rotatable bonds is 2. The van der Waals surface area contributed by atoms with E-state index in [1.54, 1.807) is 48.5 Å². The summed E-state index contributed by atoms with van der Waals surface area (Å²) in [6.45, 7) is 1.25. The van der Waals surface area contributed by atoms with Crippen molar-refractivity contribution in [2.24, 2.45) is 0 Å². The standard InChI is InChI=1S/C30H20FNO4/c1-17(33)32-26-15-12-20(31)16-25(26)30(29(32)36,23-13-10-18-6-2-4-8-21(18)27(23)34)24-14-11-19-7-3-5-9-22(19)28(24)35/h2-16,34-35H,1H3. The molecule has 0 spiro atoms. The smallest absolute Gasteiger partial charge is 0.253 e. The average molecular weight is 477 g/mol. The first-order chi connectivity index (χ1) is 17.4. The highest BCUT2D eigenvalue weighted by molar-refractivity contribution is 6.26. The Labute approximate surface area is 205 Å². The SMILES string of the molecule is CC(=O)N1C(=O)C(c2ccc3ccccc3c2O)(c2ccc3ccccc3c2O)c2cc(F)ccc21. The van der Waals surface area contributed by atoms with Gasteiger partial charge in [0.05, 0.1) is 5.69 Å². The molecule has 6 rings (SSSR count). The maximum atomic E-state index is 14.8. The van der Waals surface area contributed by atoms with Gasteiger partial charge in [0.2, 0.25) is 5.91 Å². The van der Waals surface area contributed by atoms with Gasteiger partial charge in [0.25, 0.3) is 5.91 Å². The van der Waals surface area contributed by atoms with Gasteiger partial charge in [-0.05, 0) is 29.0 Å². The Kier molecular flexibility index (Phi) is 4.63. The molecule has 2 N–H and O–H groups in total. The Bertz CT molecular complexity index is 1660. The molecule has 0 radical (unpaired) electrons. The van der Waals surface area contributed by atoms with Crippen LogP contribution < -0.4 is 4.90 Å². The van der Waals surface area contributed by atoms with Crippen LogP contribution in [0.5, 0.6) is 11.5 Å². The summed E-state index contributed by atoms with van der Waals surface area (Å²) < 4.78 is 14.8. The molecule has 0 aliphatic carbocycles. The van der Waals surface area contributed by atoms with Crippen LogP contribution in [-0.4, -0.2) is 22.0 Å². The number of phenolic OH excluding ortho intramolecular Hbond substituents is 2. The van der Waals surface area contributed by atoms with Crippen molar-refractivity contribution in [1.82, 2.24) is 0 Å².